The van der Waals surface area contributed by atoms with E-state index in [9.17, 15) is 0 Å². The van der Waals surface area contributed by atoms with Crippen LogP contribution in [0.5, 0.6) is 0 Å². The lowest BCUT2D eigenvalue weighted by atomic mass is 10.3. The molecule has 15 heavy (non-hydrogen) atoms. The highest BCUT2D eigenvalue weighted by Crippen LogP contribution is 2.14. The van der Waals surface area contributed by atoms with E-state index >= 15 is 0 Å². The Labute approximate surface area is 101 Å². The van der Waals surface area contributed by atoms with Gasteiger partial charge >= 0.3 is 0 Å². The monoisotopic (exact) mass is 244 g/mol. The fourth-order valence-electron chi connectivity index (χ4n) is 1.20. The molecule has 0 amide bonds. The van der Waals surface area contributed by atoms with Crippen molar-refractivity contribution in [3.8, 4) is 0 Å². The Morgan fingerprint density at radius 2 is 2.27 bits per heavy atom. The van der Waals surface area contributed by atoms with Gasteiger partial charge in [0.1, 0.15) is 5.01 Å². The Morgan fingerprint density at radius 3 is 2.87 bits per heavy atom. The van der Waals surface area contributed by atoms with Gasteiger partial charge in [0.25, 0.3) is 0 Å². The molecule has 0 aromatic carbocycles. The Hall–Kier alpha value is -0.0600. The van der Waals surface area contributed by atoms with Gasteiger partial charge in [0.15, 0.2) is 0 Å². The molecule has 2 nitrogen and oxygen atoms in total. The van der Waals surface area contributed by atoms with Crippen LogP contribution in [-0.4, -0.2) is 23.0 Å². The minimum atomic E-state index is 0.393. The average Bonchev–Trinajstić information content (AvgIpc) is 2.69. The van der Waals surface area contributed by atoms with Gasteiger partial charge in [0.05, 0.1) is 6.04 Å². The summed E-state index contributed by atoms with van der Waals surface area (Å²) in [6.45, 7) is 7.77. The first kappa shape index (κ1) is 13.0. The van der Waals surface area contributed by atoms with Crippen molar-refractivity contribution >= 4 is 23.1 Å². The maximum absolute atomic E-state index is 4.29. The smallest absolute Gasteiger partial charge is 0.109 e. The van der Waals surface area contributed by atoms with E-state index in [-0.39, 0.29) is 0 Å². The first-order valence-corrected chi connectivity index (χ1v) is 7.44. The van der Waals surface area contributed by atoms with Crippen molar-refractivity contribution in [2.45, 2.75) is 26.8 Å². The van der Waals surface area contributed by atoms with E-state index in [1.165, 1.54) is 16.5 Å². The molecule has 1 aromatic heterocycles. The van der Waals surface area contributed by atoms with Gasteiger partial charge in [-0.1, -0.05) is 13.8 Å². The molecule has 0 saturated carbocycles. The number of rotatable bonds is 7. The first-order valence-electron chi connectivity index (χ1n) is 5.40. The number of hydrogen-bond donors (Lipinski definition) is 1. The molecule has 1 N–H and O–H groups in total. The molecule has 0 aliphatic heterocycles. The van der Waals surface area contributed by atoms with Crippen molar-refractivity contribution in [1.29, 1.82) is 0 Å². The lowest BCUT2D eigenvalue weighted by Crippen LogP contribution is -2.21. The van der Waals surface area contributed by atoms with Crippen LogP contribution in [0.25, 0.3) is 0 Å². The molecule has 0 aliphatic rings. The highest BCUT2D eigenvalue weighted by Gasteiger charge is 2.05. The molecule has 0 bridgehead atoms. The van der Waals surface area contributed by atoms with Crippen LogP contribution in [0.2, 0.25) is 0 Å². The average molecular weight is 244 g/mol. The van der Waals surface area contributed by atoms with Crippen LogP contribution >= 0.6 is 23.1 Å². The maximum Gasteiger partial charge on any atom is 0.109 e. The van der Waals surface area contributed by atoms with Gasteiger partial charge < -0.3 is 5.32 Å². The second kappa shape index (κ2) is 7.25. The first-order chi connectivity index (χ1) is 7.20. The van der Waals surface area contributed by atoms with Gasteiger partial charge in [-0.05, 0) is 18.6 Å². The molecule has 0 spiro atoms. The van der Waals surface area contributed by atoms with E-state index in [4.69, 9.17) is 0 Å². The Bertz CT molecular complexity index is 247. The highest BCUT2D eigenvalue weighted by atomic mass is 32.2. The molecule has 1 heterocycles. The second-order valence-electron chi connectivity index (χ2n) is 4.01. The summed E-state index contributed by atoms with van der Waals surface area (Å²) in [5.41, 5.74) is 0. The van der Waals surface area contributed by atoms with Crippen LogP contribution in [-0.2, 0) is 0 Å². The summed E-state index contributed by atoms with van der Waals surface area (Å²) in [7, 11) is 0. The molecule has 86 valence electrons. The van der Waals surface area contributed by atoms with Crippen LogP contribution in [0.4, 0.5) is 0 Å². The lowest BCUT2D eigenvalue weighted by molar-refractivity contribution is 0.597. The number of nitrogens with zero attached hydrogens (tertiary/aromatic N) is 1. The Kier molecular flexibility index (Phi) is 6.29. The molecular formula is C11H20N2S2. The molecule has 4 heteroatoms. The molecule has 1 aromatic rings. The zero-order valence-corrected chi connectivity index (χ0v) is 11.3. The molecule has 0 saturated heterocycles. The summed E-state index contributed by atoms with van der Waals surface area (Å²) in [6, 6.07) is 0.393. The normalized spacial score (nSPS) is 13.3. The van der Waals surface area contributed by atoms with E-state index in [2.05, 4.69) is 31.1 Å². The topological polar surface area (TPSA) is 24.9 Å². The van der Waals surface area contributed by atoms with Gasteiger partial charge in [-0.15, -0.1) is 11.3 Å². The van der Waals surface area contributed by atoms with Crippen molar-refractivity contribution in [2.24, 2.45) is 5.92 Å². The van der Waals surface area contributed by atoms with E-state index in [1.807, 2.05) is 23.3 Å². The van der Waals surface area contributed by atoms with E-state index in [0.717, 1.165) is 12.5 Å². The molecule has 1 atom stereocenters. The molecule has 0 fully saturated rings. The zero-order valence-electron chi connectivity index (χ0n) is 9.69. The SMILES string of the molecule is CC(C)CSCCNC(C)c1nccs1. The standard InChI is InChI=1S/C11H20N2S2/c1-9(2)8-14-6-4-12-10(3)11-13-5-7-15-11/h5,7,9-10,12H,4,6,8H2,1-3H3. The maximum atomic E-state index is 4.29. The fourth-order valence-corrected chi connectivity index (χ4v) is 2.77. The van der Waals surface area contributed by atoms with Crippen molar-refractivity contribution in [1.82, 2.24) is 10.3 Å². The Balaban J connectivity index is 2.05. The summed E-state index contributed by atoms with van der Waals surface area (Å²) in [6.07, 6.45) is 1.87. The summed E-state index contributed by atoms with van der Waals surface area (Å²) in [5, 5.41) is 6.70. The summed E-state index contributed by atoms with van der Waals surface area (Å²) >= 11 is 3.74. The summed E-state index contributed by atoms with van der Waals surface area (Å²) < 4.78 is 0. The predicted molar refractivity (Wildman–Crippen MR) is 70.7 cm³/mol. The van der Waals surface area contributed by atoms with Crippen LogP contribution in [0.1, 0.15) is 31.8 Å². The van der Waals surface area contributed by atoms with Crippen molar-refractivity contribution in [3.05, 3.63) is 16.6 Å². The van der Waals surface area contributed by atoms with Crippen molar-refractivity contribution < 1.29 is 0 Å². The van der Waals surface area contributed by atoms with Gasteiger partial charge in [-0.3, -0.25) is 0 Å². The highest BCUT2D eigenvalue weighted by molar-refractivity contribution is 7.99. The molecule has 0 aliphatic carbocycles. The lowest BCUT2D eigenvalue weighted by Gasteiger charge is -2.11. The number of hydrogen-bond acceptors (Lipinski definition) is 4. The summed E-state index contributed by atoms with van der Waals surface area (Å²) in [5.74, 6) is 3.24. The summed E-state index contributed by atoms with van der Waals surface area (Å²) in [4.78, 5) is 4.29. The largest absolute Gasteiger partial charge is 0.307 e. The van der Waals surface area contributed by atoms with Crippen LogP contribution in [0.15, 0.2) is 11.6 Å². The van der Waals surface area contributed by atoms with Gasteiger partial charge in [-0.25, -0.2) is 4.98 Å². The van der Waals surface area contributed by atoms with Crippen molar-refractivity contribution in [3.63, 3.8) is 0 Å². The minimum Gasteiger partial charge on any atom is -0.307 e. The van der Waals surface area contributed by atoms with E-state index in [1.54, 1.807) is 11.3 Å². The van der Waals surface area contributed by atoms with Crippen LogP contribution < -0.4 is 5.32 Å². The number of aromatic nitrogens is 1. The number of nitrogens with one attached hydrogen (secondary N) is 1. The zero-order chi connectivity index (χ0) is 11.1. The Morgan fingerprint density at radius 1 is 1.47 bits per heavy atom. The predicted octanol–water partition coefficient (Wildman–Crippen LogP) is 3.18. The number of thiazole rings is 1. The van der Waals surface area contributed by atoms with E-state index < -0.39 is 0 Å². The van der Waals surface area contributed by atoms with Gasteiger partial charge in [0, 0.05) is 23.9 Å². The second-order valence-corrected chi connectivity index (χ2v) is 6.09. The number of thioether (sulfide) groups is 1. The van der Waals surface area contributed by atoms with Crippen LogP contribution in [0.3, 0.4) is 0 Å². The van der Waals surface area contributed by atoms with Crippen molar-refractivity contribution in [2.75, 3.05) is 18.1 Å². The molecule has 1 unspecified atom stereocenters. The van der Waals surface area contributed by atoms with E-state index in [0.29, 0.717) is 6.04 Å². The third-order valence-corrected chi connectivity index (χ3v) is 4.32. The third kappa shape index (κ3) is 5.54. The van der Waals surface area contributed by atoms with Gasteiger partial charge in [0.2, 0.25) is 0 Å². The molecule has 1 rings (SSSR count). The third-order valence-electron chi connectivity index (χ3n) is 1.97. The molecule has 0 radical (unpaired) electrons. The van der Waals surface area contributed by atoms with Gasteiger partial charge in [-0.2, -0.15) is 11.8 Å². The minimum absolute atomic E-state index is 0.393. The fraction of sp³-hybridized carbons (Fsp3) is 0.727. The van der Waals surface area contributed by atoms with Crippen LogP contribution in [0, 0.1) is 5.92 Å². The quantitative estimate of drug-likeness (QED) is 0.746. The molecular weight excluding hydrogens is 224 g/mol.